The van der Waals surface area contributed by atoms with Crippen LogP contribution in [0.4, 0.5) is 4.79 Å². The fourth-order valence-electron chi connectivity index (χ4n) is 0. The molecule has 0 spiro atoms. The summed E-state index contributed by atoms with van der Waals surface area (Å²) in [5.74, 6) is 0. The van der Waals surface area contributed by atoms with Crippen LogP contribution in [-0.2, 0) is 0 Å². The van der Waals surface area contributed by atoms with Crippen molar-refractivity contribution in [1.29, 1.82) is 0 Å². The van der Waals surface area contributed by atoms with Gasteiger partial charge in [-0.1, -0.05) is 0 Å². The monoisotopic (exact) mass is 120 g/mol. The summed E-state index contributed by atoms with van der Waals surface area (Å²) in [4.78, 5) is 8.56. The smallest absolute Gasteiger partial charge is 1.00 e. The van der Waals surface area contributed by atoms with Gasteiger partial charge in [-0.15, -0.1) is 0 Å². The molecule has 0 bridgehead atoms. The van der Waals surface area contributed by atoms with Gasteiger partial charge < -0.3 is 11.6 Å². The second kappa shape index (κ2) is 9.20. The van der Waals surface area contributed by atoms with Crippen LogP contribution in [0.25, 0.3) is 0 Å². The van der Waals surface area contributed by atoms with Crippen molar-refractivity contribution < 1.29 is 46.0 Å². The fourth-order valence-corrected chi connectivity index (χ4v) is 0. The maximum Gasteiger partial charge on any atom is 1.00 e. The third kappa shape index (κ3) is 131. The minimum absolute atomic E-state index is 0. The third-order valence-corrected chi connectivity index (χ3v) is 0. The van der Waals surface area contributed by atoms with Gasteiger partial charge in [0.05, 0.1) is 0 Å². The van der Waals surface area contributed by atoms with E-state index in [4.69, 9.17) is 15.0 Å². The summed E-state index contributed by atoms with van der Waals surface area (Å²) in [5, 5.41) is 13.9. The standard InChI is InChI=1S/CH2O3.Na.H3P.H/c2-1(3)4;;;/h(H2,2,3,4);;1H3;/q;+1;;-1. The molecule has 1 unspecified atom stereocenters. The molecule has 0 amide bonds. The van der Waals surface area contributed by atoms with E-state index >= 15 is 0 Å². The molecule has 0 aromatic carbocycles. The second-order valence-corrected chi connectivity index (χ2v) is 0.283. The second-order valence-electron chi connectivity index (χ2n) is 0.283. The molecule has 5 heteroatoms. The van der Waals surface area contributed by atoms with E-state index in [1.54, 1.807) is 0 Å². The summed E-state index contributed by atoms with van der Waals surface area (Å²) in [6, 6.07) is 0. The average molecular weight is 120 g/mol. The Hall–Kier alpha value is 0.700. The Morgan fingerprint density at radius 3 is 1.50 bits per heavy atom. The van der Waals surface area contributed by atoms with Crippen molar-refractivity contribution in [3.8, 4) is 0 Å². The maximum atomic E-state index is 8.56. The van der Waals surface area contributed by atoms with E-state index in [1.165, 1.54) is 0 Å². The van der Waals surface area contributed by atoms with Crippen LogP contribution in [0, 0.1) is 0 Å². The molecule has 2 N–H and O–H groups in total. The number of hydrogen-bond acceptors (Lipinski definition) is 1. The van der Waals surface area contributed by atoms with Gasteiger partial charge in [-0.05, 0) is 0 Å². The van der Waals surface area contributed by atoms with Crippen molar-refractivity contribution in [1.82, 2.24) is 0 Å². The van der Waals surface area contributed by atoms with Crippen LogP contribution in [0.5, 0.6) is 0 Å². The van der Waals surface area contributed by atoms with Crippen LogP contribution < -0.4 is 29.6 Å². The zero-order valence-electron chi connectivity index (χ0n) is 4.51. The molecule has 0 saturated carbocycles. The van der Waals surface area contributed by atoms with Gasteiger partial charge >= 0.3 is 35.7 Å². The minimum Gasteiger partial charge on any atom is -1.00 e. The quantitative estimate of drug-likeness (QED) is 0.272. The van der Waals surface area contributed by atoms with Crippen molar-refractivity contribution in [3.05, 3.63) is 0 Å². The molecular formula is CH6NaO3P. The molecular weight excluding hydrogens is 114 g/mol. The molecule has 0 aliphatic carbocycles. The average Bonchev–Trinajstić information content (AvgIpc) is 0.811. The Morgan fingerprint density at radius 2 is 1.50 bits per heavy atom. The summed E-state index contributed by atoms with van der Waals surface area (Å²) in [6.07, 6.45) is -1.83. The molecule has 0 aromatic heterocycles. The van der Waals surface area contributed by atoms with Crippen LogP contribution in [-0.4, -0.2) is 16.4 Å². The first-order valence-corrected chi connectivity index (χ1v) is 0.651. The SMILES string of the molecule is O=C(O)O.P.[H-].[Na+]. The van der Waals surface area contributed by atoms with Crippen molar-refractivity contribution in [2.45, 2.75) is 0 Å². The zero-order valence-corrected chi connectivity index (χ0v) is 6.92. The summed E-state index contributed by atoms with van der Waals surface area (Å²) >= 11 is 0. The number of carboxylic acid groups (broad SMARTS) is 2. The summed E-state index contributed by atoms with van der Waals surface area (Å²) in [7, 11) is 0. The van der Waals surface area contributed by atoms with E-state index < -0.39 is 6.16 Å². The van der Waals surface area contributed by atoms with Crippen molar-refractivity contribution >= 4 is 16.1 Å². The first kappa shape index (κ1) is 15.9. The Bertz CT molecular complexity index is 37.9. The van der Waals surface area contributed by atoms with E-state index in [1.807, 2.05) is 0 Å². The van der Waals surface area contributed by atoms with Crippen LogP contribution in [0.3, 0.4) is 0 Å². The number of rotatable bonds is 0. The zero-order chi connectivity index (χ0) is 3.58. The minimum atomic E-state index is -1.83. The number of carbonyl (C=O) groups is 1. The van der Waals surface area contributed by atoms with Gasteiger partial charge in [0.2, 0.25) is 0 Å². The third-order valence-electron chi connectivity index (χ3n) is 0. The Kier molecular flexibility index (Phi) is 24.4. The molecule has 34 valence electrons. The van der Waals surface area contributed by atoms with Crippen LogP contribution in [0.1, 0.15) is 1.43 Å². The molecule has 0 radical (unpaired) electrons. The maximum absolute atomic E-state index is 8.56. The topological polar surface area (TPSA) is 57.5 Å². The first-order chi connectivity index (χ1) is 1.73. The van der Waals surface area contributed by atoms with Crippen LogP contribution in [0.15, 0.2) is 0 Å². The molecule has 0 fully saturated rings. The predicted octanol–water partition coefficient (Wildman–Crippen LogP) is -2.60. The summed E-state index contributed by atoms with van der Waals surface area (Å²) in [5.41, 5.74) is 0. The van der Waals surface area contributed by atoms with Crippen LogP contribution in [0.2, 0.25) is 0 Å². The molecule has 0 heterocycles. The molecule has 0 saturated heterocycles. The van der Waals surface area contributed by atoms with Gasteiger partial charge in [-0.3, -0.25) is 0 Å². The van der Waals surface area contributed by atoms with Crippen molar-refractivity contribution in [3.63, 3.8) is 0 Å². The van der Waals surface area contributed by atoms with Gasteiger partial charge in [0.15, 0.2) is 0 Å². The molecule has 0 rings (SSSR count). The number of hydrogen-bond donors (Lipinski definition) is 2. The van der Waals surface area contributed by atoms with E-state index in [2.05, 4.69) is 0 Å². The van der Waals surface area contributed by atoms with Gasteiger partial charge in [-0.2, -0.15) is 9.90 Å². The van der Waals surface area contributed by atoms with Crippen molar-refractivity contribution in [2.75, 3.05) is 0 Å². The van der Waals surface area contributed by atoms with Gasteiger partial charge in [0.1, 0.15) is 0 Å². The van der Waals surface area contributed by atoms with Crippen LogP contribution >= 0.6 is 9.90 Å². The van der Waals surface area contributed by atoms with E-state index in [0.29, 0.717) is 0 Å². The molecule has 0 aliphatic heterocycles. The summed E-state index contributed by atoms with van der Waals surface area (Å²) in [6.45, 7) is 0. The molecule has 0 aromatic rings. The molecule has 1 atom stereocenters. The van der Waals surface area contributed by atoms with Gasteiger partial charge in [0, 0.05) is 0 Å². The van der Waals surface area contributed by atoms with Gasteiger partial charge in [-0.25, -0.2) is 4.79 Å². The summed E-state index contributed by atoms with van der Waals surface area (Å²) < 4.78 is 0. The van der Waals surface area contributed by atoms with Gasteiger partial charge in [0.25, 0.3) is 0 Å². The normalized spacial score (nSPS) is 4.00. The molecule has 6 heavy (non-hydrogen) atoms. The van der Waals surface area contributed by atoms with E-state index in [9.17, 15) is 0 Å². The Balaban J connectivity index is -0.0000000150. The van der Waals surface area contributed by atoms with Crippen molar-refractivity contribution in [2.24, 2.45) is 0 Å². The Morgan fingerprint density at radius 1 is 1.50 bits per heavy atom. The van der Waals surface area contributed by atoms with E-state index in [0.717, 1.165) is 0 Å². The Labute approximate surface area is 62.1 Å². The predicted molar refractivity (Wildman–Crippen MR) is 22.9 cm³/mol. The van der Waals surface area contributed by atoms with E-state index in [-0.39, 0.29) is 40.9 Å². The fraction of sp³-hybridized carbons (Fsp3) is 0. The largest absolute Gasteiger partial charge is 1.00 e. The molecule has 0 aliphatic rings. The first-order valence-electron chi connectivity index (χ1n) is 0.651. The molecule has 3 nitrogen and oxygen atoms in total.